The SMILES string of the molecule is COc1ccc(Cl)cc1/C(O)=C1\C(=O)C(=O)N(CCc2ccc(Cl)cc2)C1c1ccc(O)cc1. The van der Waals surface area contributed by atoms with Crippen LogP contribution in [0.25, 0.3) is 5.76 Å². The number of aliphatic hydroxyl groups is 1. The molecule has 3 aromatic carbocycles. The Balaban J connectivity index is 1.81. The maximum absolute atomic E-state index is 13.2. The number of methoxy groups -OCH3 is 1. The number of likely N-dealkylation sites (tertiary alicyclic amines) is 1. The first-order valence-corrected chi connectivity index (χ1v) is 11.2. The van der Waals surface area contributed by atoms with Gasteiger partial charge < -0.3 is 19.8 Å². The van der Waals surface area contributed by atoms with Gasteiger partial charge in [0.05, 0.1) is 24.3 Å². The zero-order valence-corrected chi connectivity index (χ0v) is 19.7. The normalized spacial score (nSPS) is 17.3. The fourth-order valence-corrected chi connectivity index (χ4v) is 4.32. The van der Waals surface area contributed by atoms with Crippen LogP contribution in [0.1, 0.15) is 22.7 Å². The van der Waals surface area contributed by atoms with Crippen LogP contribution in [-0.4, -0.2) is 40.5 Å². The third-order valence-corrected chi connectivity index (χ3v) is 6.21. The number of hydrogen-bond acceptors (Lipinski definition) is 5. The molecule has 174 valence electrons. The van der Waals surface area contributed by atoms with Gasteiger partial charge in [-0.25, -0.2) is 0 Å². The van der Waals surface area contributed by atoms with Crippen molar-refractivity contribution in [3.8, 4) is 11.5 Å². The van der Waals surface area contributed by atoms with Crippen LogP contribution in [0.2, 0.25) is 10.0 Å². The number of nitrogens with zero attached hydrogens (tertiary/aromatic N) is 1. The molecule has 4 rings (SSSR count). The summed E-state index contributed by atoms with van der Waals surface area (Å²) in [5.74, 6) is -1.58. The molecule has 1 unspecified atom stereocenters. The van der Waals surface area contributed by atoms with E-state index in [1.54, 1.807) is 36.4 Å². The number of hydrogen-bond donors (Lipinski definition) is 2. The maximum atomic E-state index is 13.2. The molecule has 2 N–H and O–H groups in total. The van der Waals surface area contributed by atoms with Crippen molar-refractivity contribution in [2.75, 3.05) is 13.7 Å². The van der Waals surface area contributed by atoms with Gasteiger partial charge in [0, 0.05) is 16.6 Å². The summed E-state index contributed by atoms with van der Waals surface area (Å²) in [6.07, 6.45) is 0.472. The zero-order chi connectivity index (χ0) is 24.4. The number of aliphatic hydroxyl groups excluding tert-OH is 1. The summed E-state index contributed by atoms with van der Waals surface area (Å²) in [6.45, 7) is 0.223. The average molecular weight is 498 g/mol. The molecule has 1 amide bonds. The van der Waals surface area contributed by atoms with E-state index in [1.807, 2.05) is 12.1 Å². The summed E-state index contributed by atoms with van der Waals surface area (Å²) in [7, 11) is 1.43. The van der Waals surface area contributed by atoms with Gasteiger partial charge in [-0.15, -0.1) is 0 Å². The van der Waals surface area contributed by atoms with Gasteiger partial charge in [0.2, 0.25) is 0 Å². The van der Waals surface area contributed by atoms with Crippen molar-refractivity contribution in [1.29, 1.82) is 0 Å². The minimum atomic E-state index is -0.864. The van der Waals surface area contributed by atoms with Crippen molar-refractivity contribution in [2.24, 2.45) is 0 Å². The Kier molecular flexibility index (Phi) is 6.82. The monoisotopic (exact) mass is 497 g/mol. The minimum Gasteiger partial charge on any atom is -0.508 e. The van der Waals surface area contributed by atoms with E-state index >= 15 is 0 Å². The van der Waals surface area contributed by atoms with E-state index in [0.717, 1.165) is 5.56 Å². The third-order valence-electron chi connectivity index (χ3n) is 5.72. The number of amides is 1. The fourth-order valence-electron chi connectivity index (χ4n) is 4.02. The molecule has 0 aromatic heterocycles. The second-order valence-corrected chi connectivity index (χ2v) is 8.68. The Morgan fingerprint density at radius 3 is 2.26 bits per heavy atom. The Morgan fingerprint density at radius 1 is 0.971 bits per heavy atom. The Labute approximate surface area is 206 Å². The molecule has 1 fully saturated rings. The highest BCUT2D eigenvalue weighted by atomic mass is 35.5. The Hall–Kier alpha value is -3.48. The molecule has 0 aliphatic carbocycles. The lowest BCUT2D eigenvalue weighted by molar-refractivity contribution is -0.139. The Bertz CT molecular complexity index is 1270. The number of carbonyl (C=O) groups is 2. The number of aromatic hydroxyl groups is 1. The predicted octanol–water partition coefficient (Wildman–Crippen LogP) is 5.37. The van der Waals surface area contributed by atoms with E-state index in [9.17, 15) is 19.8 Å². The van der Waals surface area contributed by atoms with Crippen LogP contribution in [-0.2, 0) is 16.0 Å². The lowest BCUT2D eigenvalue weighted by Gasteiger charge is -2.25. The molecular weight excluding hydrogens is 477 g/mol. The van der Waals surface area contributed by atoms with Crippen molar-refractivity contribution in [1.82, 2.24) is 4.90 Å². The molecule has 0 bridgehead atoms. The number of ether oxygens (including phenoxy) is 1. The topological polar surface area (TPSA) is 87.1 Å². The summed E-state index contributed by atoms with van der Waals surface area (Å²) >= 11 is 12.1. The number of carbonyl (C=O) groups excluding carboxylic acids is 2. The summed E-state index contributed by atoms with van der Waals surface area (Å²) in [4.78, 5) is 27.7. The molecular formula is C26H21Cl2NO5. The van der Waals surface area contributed by atoms with Gasteiger partial charge in [-0.1, -0.05) is 47.5 Å². The summed E-state index contributed by atoms with van der Waals surface area (Å²) in [5, 5.41) is 21.9. The lowest BCUT2D eigenvalue weighted by atomic mass is 9.94. The second-order valence-electron chi connectivity index (χ2n) is 7.81. The summed E-state index contributed by atoms with van der Waals surface area (Å²) in [5.41, 5.74) is 1.63. The lowest BCUT2D eigenvalue weighted by Crippen LogP contribution is -2.31. The van der Waals surface area contributed by atoms with Crippen molar-refractivity contribution >= 4 is 40.7 Å². The van der Waals surface area contributed by atoms with Crippen LogP contribution >= 0.6 is 23.2 Å². The standard InChI is InChI=1S/C26H21Cl2NO5/c1-34-21-11-8-18(28)14-20(21)24(31)22-23(16-4-9-19(30)10-5-16)29(26(33)25(22)32)13-12-15-2-6-17(27)7-3-15/h2-11,14,23,30-31H,12-13H2,1H3/b24-22+. The highest BCUT2D eigenvalue weighted by Crippen LogP contribution is 2.41. The quantitative estimate of drug-likeness (QED) is 0.271. The maximum Gasteiger partial charge on any atom is 0.295 e. The molecule has 1 saturated heterocycles. The molecule has 0 saturated carbocycles. The van der Waals surface area contributed by atoms with Crippen LogP contribution in [0.4, 0.5) is 0 Å². The van der Waals surface area contributed by atoms with Gasteiger partial charge in [-0.3, -0.25) is 9.59 Å². The number of halogens is 2. The van der Waals surface area contributed by atoms with Crippen molar-refractivity contribution in [3.63, 3.8) is 0 Å². The smallest absolute Gasteiger partial charge is 0.295 e. The van der Waals surface area contributed by atoms with Crippen LogP contribution in [0.3, 0.4) is 0 Å². The molecule has 3 aromatic rings. The van der Waals surface area contributed by atoms with Crippen LogP contribution in [0, 0.1) is 0 Å². The number of phenols is 1. The van der Waals surface area contributed by atoms with Gasteiger partial charge in [0.25, 0.3) is 11.7 Å². The molecule has 1 heterocycles. The zero-order valence-electron chi connectivity index (χ0n) is 18.2. The van der Waals surface area contributed by atoms with Gasteiger partial charge in [-0.2, -0.15) is 0 Å². The molecule has 34 heavy (non-hydrogen) atoms. The minimum absolute atomic E-state index is 0.0402. The van der Waals surface area contributed by atoms with Crippen molar-refractivity contribution in [3.05, 3.63) is 99.0 Å². The number of Topliss-reactive ketones (excluding diaryl/α,β-unsaturated/α-hetero) is 1. The van der Waals surface area contributed by atoms with Gasteiger partial charge >= 0.3 is 0 Å². The van der Waals surface area contributed by atoms with Crippen LogP contribution < -0.4 is 4.74 Å². The van der Waals surface area contributed by atoms with Crippen molar-refractivity contribution in [2.45, 2.75) is 12.5 Å². The first-order chi connectivity index (χ1) is 16.3. The van der Waals surface area contributed by atoms with E-state index < -0.39 is 17.7 Å². The van der Waals surface area contributed by atoms with E-state index in [0.29, 0.717) is 27.8 Å². The Morgan fingerprint density at radius 2 is 1.62 bits per heavy atom. The van der Waals surface area contributed by atoms with E-state index in [-0.39, 0.29) is 29.2 Å². The van der Waals surface area contributed by atoms with E-state index in [1.165, 1.54) is 30.2 Å². The van der Waals surface area contributed by atoms with Crippen LogP contribution in [0.5, 0.6) is 11.5 Å². The second kappa shape index (κ2) is 9.79. The number of ketones is 1. The summed E-state index contributed by atoms with van der Waals surface area (Å²) in [6, 6.07) is 17.2. The van der Waals surface area contributed by atoms with Gasteiger partial charge in [0.1, 0.15) is 17.3 Å². The first-order valence-electron chi connectivity index (χ1n) is 10.5. The van der Waals surface area contributed by atoms with Crippen molar-refractivity contribution < 1.29 is 24.5 Å². The molecule has 0 radical (unpaired) electrons. The average Bonchev–Trinajstić information content (AvgIpc) is 3.08. The van der Waals surface area contributed by atoms with Gasteiger partial charge in [0.15, 0.2) is 0 Å². The predicted molar refractivity (Wildman–Crippen MR) is 130 cm³/mol. The number of rotatable bonds is 6. The highest BCUT2D eigenvalue weighted by Gasteiger charge is 2.46. The molecule has 1 atom stereocenters. The number of benzene rings is 3. The molecule has 6 nitrogen and oxygen atoms in total. The van der Waals surface area contributed by atoms with Gasteiger partial charge in [-0.05, 0) is 60.0 Å². The molecule has 1 aliphatic heterocycles. The molecule has 1 aliphatic rings. The third kappa shape index (κ3) is 4.60. The summed E-state index contributed by atoms with van der Waals surface area (Å²) < 4.78 is 5.34. The highest BCUT2D eigenvalue weighted by molar-refractivity contribution is 6.46. The van der Waals surface area contributed by atoms with Crippen LogP contribution in [0.15, 0.2) is 72.3 Å². The van der Waals surface area contributed by atoms with E-state index in [2.05, 4.69) is 0 Å². The molecule has 8 heteroatoms. The first kappa shape index (κ1) is 23.7. The molecule has 0 spiro atoms. The van der Waals surface area contributed by atoms with E-state index in [4.69, 9.17) is 27.9 Å². The fraction of sp³-hybridized carbons (Fsp3) is 0.154. The largest absolute Gasteiger partial charge is 0.508 e. The number of phenolic OH excluding ortho intramolecular Hbond substituents is 1.